The summed E-state index contributed by atoms with van der Waals surface area (Å²) in [7, 11) is 0. The third-order valence-electron chi connectivity index (χ3n) is 6.78. The minimum atomic E-state index is -0.622. The molecule has 1 aromatic carbocycles. The number of piperidine rings is 1. The number of hydrogen-bond donors (Lipinski definition) is 2. The molecule has 2 aliphatic carbocycles. The Bertz CT molecular complexity index is 757. The Kier molecular flexibility index (Phi) is 2.82. The maximum atomic E-state index is 10.6. The van der Waals surface area contributed by atoms with Crippen molar-refractivity contribution in [3.8, 4) is 11.5 Å². The topological polar surface area (TPSA) is 52.9 Å². The lowest BCUT2D eigenvalue weighted by Crippen LogP contribution is -2.66. The highest BCUT2D eigenvalue weighted by Gasteiger charge is 2.64. The second-order valence-electron chi connectivity index (χ2n) is 7.66. The summed E-state index contributed by atoms with van der Waals surface area (Å²) < 4.78 is 6.15. The fraction of sp³-hybridized carbons (Fsp3) is 0.500. The molecule has 1 spiro atoms. The number of hydrogen-bond acceptors (Lipinski definition) is 4. The molecule has 0 aromatic heterocycles. The first-order valence-electron chi connectivity index (χ1n) is 8.84. The molecule has 6 atom stereocenters. The molecule has 0 unspecified atom stereocenters. The van der Waals surface area contributed by atoms with E-state index in [1.54, 1.807) is 6.07 Å². The molecule has 1 aromatic rings. The van der Waals surface area contributed by atoms with Crippen molar-refractivity contribution in [3.05, 3.63) is 48.1 Å². The Morgan fingerprint density at radius 3 is 3.04 bits per heavy atom. The van der Waals surface area contributed by atoms with E-state index in [-0.39, 0.29) is 17.3 Å². The van der Waals surface area contributed by atoms with E-state index >= 15 is 0 Å². The molecule has 5 rings (SSSR count). The van der Waals surface area contributed by atoms with Gasteiger partial charge >= 0.3 is 0 Å². The lowest BCUT2D eigenvalue weighted by Gasteiger charge is -2.58. The average Bonchev–Trinajstić information content (AvgIpc) is 2.93. The maximum absolute atomic E-state index is 10.6. The van der Waals surface area contributed by atoms with Crippen molar-refractivity contribution in [2.24, 2.45) is 5.92 Å². The van der Waals surface area contributed by atoms with Gasteiger partial charge < -0.3 is 14.9 Å². The van der Waals surface area contributed by atoms with Gasteiger partial charge in [0.05, 0.1) is 0 Å². The summed E-state index contributed by atoms with van der Waals surface area (Å²) in [6, 6.07) is 4.48. The predicted molar refractivity (Wildman–Crippen MR) is 91.3 cm³/mol. The van der Waals surface area contributed by atoms with Crippen LogP contribution in [-0.4, -0.2) is 45.9 Å². The van der Waals surface area contributed by atoms with Crippen molar-refractivity contribution in [1.29, 1.82) is 0 Å². The molecule has 0 amide bonds. The van der Waals surface area contributed by atoms with Crippen LogP contribution in [0.4, 0.5) is 0 Å². The van der Waals surface area contributed by atoms with Gasteiger partial charge in [0.15, 0.2) is 11.5 Å². The summed E-state index contributed by atoms with van der Waals surface area (Å²) >= 11 is 0. The van der Waals surface area contributed by atoms with Crippen LogP contribution >= 0.6 is 0 Å². The van der Waals surface area contributed by atoms with Crippen molar-refractivity contribution in [1.82, 2.24) is 4.90 Å². The summed E-state index contributed by atoms with van der Waals surface area (Å²) in [6.07, 6.45) is 7.06. The van der Waals surface area contributed by atoms with Gasteiger partial charge in [-0.3, -0.25) is 4.90 Å². The van der Waals surface area contributed by atoms with Crippen molar-refractivity contribution in [2.45, 2.75) is 49.5 Å². The average molecular weight is 325 g/mol. The Balaban J connectivity index is 1.75. The summed E-state index contributed by atoms with van der Waals surface area (Å²) in [4.78, 5) is 2.54. The van der Waals surface area contributed by atoms with Gasteiger partial charge in [0.2, 0.25) is 0 Å². The molecule has 4 aliphatic rings. The van der Waals surface area contributed by atoms with E-state index in [4.69, 9.17) is 4.74 Å². The first kappa shape index (κ1) is 14.6. The number of likely N-dealkylation sites (tertiary alicyclic amines) is 1. The molecule has 1 saturated heterocycles. The largest absolute Gasteiger partial charge is 0.504 e. The van der Waals surface area contributed by atoms with E-state index in [9.17, 15) is 10.2 Å². The number of ether oxygens (including phenoxy) is 1. The van der Waals surface area contributed by atoms with Crippen molar-refractivity contribution >= 4 is 0 Å². The second-order valence-corrected chi connectivity index (χ2v) is 7.66. The normalized spacial score (nSPS) is 39.9. The number of aliphatic hydroxyl groups is 1. The van der Waals surface area contributed by atoms with E-state index in [2.05, 4.69) is 24.5 Å². The van der Waals surface area contributed by atoms with Crippen LogP contribution in [0.3, 0.4) is 0 Å². The zero-order chi connectivity index (χ0) is 16.6. The highest BCUT2D eigenvalue weighted by atomic mass is 16.5. The van der Waals surface area contributed by atoms with Crippen LogP contribution < -0.4 is 4.74 Å². The lowest BCUT2D eigenvalue weighted by molar-refractivity contribution is -0.0565. The molecule has 2 bridgehead atoms. The van der Waals surface area contributed by atoms with E-state index in [1.165, 1.54) is 5.56 Å². The van der Waals surface area contributed by atoms with Gasteiger partial charge in [-0.2, -0.15) is 0 Å². The van der Waals surface area contributed by atoms with E-state index in [0.717, 1.165) is 24.9 Å². The first-order chi connectivity index (χ1) is 11.6. The highest BCUT2D eigenvalue weighted by molar-refractivity contribution is 5.61. The Labute approximate surface area is 142 Å². The van der Waals surface area contributed by atoms with E-state index in [1.807, 2.05) is 18.2 Å². The summed E-state index contributed by atoms with van der Waals surface area (Å²) in [5.41, 5.74) is 2.20. The zero-order valence-corrected chi connectivity index (χ0v) is 13.9. The number of phenols is 1. The molecule has 2 heterocycles. The second kappa shape index (κ2) is 4.64. The molecule has 4 heteroatoms. The number of nitrogens with zero attached hydrogens (tertiary/aromatic N) is 1. The SMILES string of the molecule is C=C[C@@H](C)N1CC[C@]23c4c5ccc(O)c4O[C@H]2[C@@H](O)C=C[C@H]3[C@H]1C5. The first-order valence-corrected chi connectivity index (χ1v) is 8.84. The van der Waals surface area contributed by atoms with Gasteiger partial charge in [-0.05, 0) is 31.4 Å². The smallest absolute Gasteiger partial charge is 0.165 e. The van der Waals surface area contributed by atoms with Gasteiger partial charge in [-0.15, -0.1) is 6.58 Å². The standard InChI is InChI=1S/C20H23NO3/c1-3-11(2)21-9-8-20-13-5-7-16(23)19(20)24-18-15(22)6-4-12(17(18)20)10-14(13)21/h3-7,11,13-14,16,19,22-23H,1,8-10H2,2H3/t11-,13+,14-,16+,19+,20+/m1/s1. The third-order valence-corrected chi connectivity index (χ3v) is 6.78. The van der Waals surface area contributed by atoms with Crippen LogP contribution in [0, 0.1) is 5.92 Å². The van der Waals surface area contributed by atoms with Crippen molar-refractivity contribution in [3.63, 3.8) is 0 Å². The number of rotatable bonds is 2. The van der Waals surface area contributed by atoms with Gasteiger partial charge in [0, 0.05) is 35.5 Å². The zero-order valence-electron chi connectivity index (χ0n) is 13.9. The fourth-order valence-electron chi connectivity index (χ4n) is 5.73. The molecule has 2 N–H and O–H groups in total. The van der Waals surface area contributed by atoms with Crippen LogP contribution in [0.15, 0.2) is 36.9 Å². The highest BCUT2D eigenvalue weighted by Crippen LogP contribution is 2.62. The minimum Gasteiger partial charge on any atom is -0.504 e. The van der Waals surface area contributed by atoms with Crippen LogP contribution in [-0.2, 0) is 11.8 Å². The van der Waals surface area contributed by atoms with Crippen LogP contribution in [0.5, 0.6) is 11.5 Å². The Hall–Kier alpha value is -1.78. The monoisotopic (exact) mass is 325 g/mol. The van der Waals surface area contributed by atoms with Crippen LogP contribution in [0.2, 0.25) is 0 Å². The predicted octanol–water partition coefficient (Wildman–Crippen LogP) is 2.14. The van der Waals surface area contributed by atoms with Gasteiger partial charge in [0.25, 0.3) is 0 Å². The van der Waals surface area contributed by atoms with Crippen molar-refractivity contribution < 1.29 is 14.9 Å². The summed E-state index contributed by atoms with van der Waals surface area (Å²) in [6.45, 7) is 7.14. The molecule has 1 fully saturated rings. The molecule has 0 radical (unpaired) electrons. The lowest BCUT2D eigenvalue weighted by atomic mass is 9.53. The molecule has 126 valence electrons. The molecular formula is C20H23NO3. The molecule has 24 heavy (non-hydrogen) atoms. The molecule has 4 nitrogen and oxygen atoms in total. The quantitative estimate of drug-likeness (QED) is 0.818. The van der Waals surface area contributed by atoms with Crippen molar-refractivity contribution in [2.75, 3.05) is 6.54 Å². The number of aliphatic hydroxyl groups excluding tert-OH is 1. The van der Waals surface area contributed by atoms with E-state index < -0.39 is 6.10 Å². The Morgan fingerprint density at radius 2 is 2.25 bits per heavy atom. The molecule has 2 aliphatic heterocycles. The van der Waals surface area contributed by atoms with E-state index in [0.29, 0.717) is 23.8 Å². The van der Waals surface area contributed by atoms with Gasteiger partial charge in [-0.1, -0.05) is 24.3 Å². The molecule has 0 saturated carbocycles. The Morgan fingerprint density at radius 1 is 1.42 bits per heavy atom. The third kappa shape index (κ3) is 1.51. The number of benzene rings is 1. The fourth-order valence-corrected chi connectivity index (χ4v) is 5.73. The minimum absolute atomic E-state index is 0.198. The van der Waals surface area contributed by atoms with Crippen LogP contribution in [0.1, 0.15) is 24.5 Å². The number of aromatic hydroxyl groups is 1. The molecular weight excluding hydrogens is 302 g/mol. The van der Waals surface area contributed by atoms with Gasteiger partial charge in [0.1, 0.15) is 12.2 Å². The summed E-state index contributed by atoms with van der Waals surface area (Å²) in [5.74, 6) is 1.11. The van der Waals surface area contributed by atoms with Gasteiger partial charge in [-0.25, -0.2) is 0 Å². The maximum Gasteiger partial charge on any atom is 0.165 e. The number of phenolic OH excluding ortho intramolecular Hbond substituents is 1. The summed E-state index contributed by atoms with van der Waals surface area (Å²) in [5, 5.41) is 20.9. The van der Waals surface area contributed by atoms with Crippen LogP contribution in [0.25, 0.3) is 0 Å².